The molecule has 1 aromatic rings. The van der Waals surface area contributed by atoms with Crippen LogP contribution in [-0.4, -0.2) is 23.1 Å². The Morgan fingerprint density at radius 3 is 2.44 bits per heavy atom. The number of ether oxygens (including phenoxy) is 2. The Morgan fingerprint density at radius 2 is 1.94 bits per heavy atom. The molecule has 96 valence electrons. The number of nitro benzene ring substituents is 2. The zero-order valence-corrected chi connectivity index (χ0v) is 9.71. The summed E-state index contributed by atoms with van der Waals surface area (Å²) in [5.74, 6) is -0.150. The Hall–Kier alpha value is -2.38. The van der Waals surface area contributed by atoms with E-state index in [1.54, 1.807) is 6.92 Å². The molecule has 1 heterocycles. The van der Waals surface area contributed by atoms with Crippen molar-refractivity contribution in [1.29, 1.82) is 0 Å². The summed E-state index contributed by atoms with van der Waals surface area (Å²) in [7, 11) is 1.23. The molecule has 0 radical (unpaired) electrons. The topological polar surface area (TPSA) is 105 Å². The zero-order valence-electron chi connectivity index (χ0n) is 9.71. The van der Waals surface area contributed by atoms with Gasteiger partial charge < -0.3 is 9.47 Å². The Kier molecular flexibility index (Phi) is 2.77. The van der Waals surface area contributed by atoms with Crippen LogP contribution in [0.4, 0.5) is 11.4 Å². The second-order valence-corrected chi connectivity index (χ2v) is 3.91. The summed E-state index contributed by atoms with van der Waals surface area (Å²) in [5.41, 5.74) is -0.759. The molecule has 0 N–H and O–H groups in total. The highest BCUT2D eigenvalue weighted by Gasteiger charge is 2.40. The first-order chi connectivity index (χ1) is 8.45. The first kappa shape index (κ1) is 12.1. The van der Waals surface area contributed by atoms with Crippen LogP contribution in [-0.2, 0) is 6.42 Å². The molecule has 1 atom stereocenters. The van der Waals surface area contributed by atoms with Crippen molar-refractivity contribution in [2.45, 2.75) is 19.4 Å². The van der Waals surface area contributed by atoms with Crippen LogP contribution >= 0.6 is 0 Å². The highest BCUT2D eigenvalue weighted by atomic mass is 16.6. The van der Waals surface area contributed by atoms with Crippen molar-refractivity contribution in [3.63, 3.8) is 0 Å². The van der Waals surface area contributed by atoms with Crippen LogP contribution in [0.25, 0.3) is 0 Å². The van der Waals surface area contributed by atoms with Gasteiger partial charge in [0.1, 0.15) is 6.10 Å². The minimum Gasteiger partial charge on any atom is -0.490 e. The van der Waals surface area contributed by atoms with Crippen LogP contribution in [0.15, 0.2) is 6.07 Å². The summed E-state index contributed by atoms with van der Waals surface area (Å²) in [5, 5.41) is 22.0. The summed E-state index contributed by atoms with van der Waals surface area (Å²) in [4.78, 5) is 20.3. The summed E-state index contributed by atoms with van der Waals surface area (Å²) in [6.07, 6.45) is 0.218. The largest absolute Gasteiger partial charge is 0.490 e. The van der Waals surface area contributed by atoms with Gasteiger partial charge in [0.15, 0.2) is 0 Å². The summed E-state index contributed by atoms with van der Waals surface area (Å²) in [6, 6.07) is 1.42. The second-order valence-electron chi connectivity index (χ2n) is 3.91. The molecule has 0 spiro atoms. The highest BCUT2D eigenvalue weighted by molar-refractivity contribution is 5.72. The number of fused-ring (bicyclic) bond motifs is 1. The highest BCUT2D eigenvalue weighted by Crippen LogP contribution is 2.48. The number of benzene rings is 1. The first-order valence-electron chi connectivity index (χ1n) is 5.15. The number of nitro groups is 2. The summed E-state index contributed by atoms with van der Waals surface area (Å²) in [6.45, 7) is 1.74. The van der Waals surface area contributed by atoms with E-state index < -0.39 is 21.2 Å². The number of nitrogens with zero attached hydrogens (tertiary/aromatic N) is 2. The Balaban J connectivity index is 2.77. The zero-order chi connectivity index (χ0) is 13.4. The fourth-order valence-corrected chi connectivity index (χ4v) is 2.01. The van der Waals surface area contributed by atoms with Crippen LogP contribution in [0.1, 0.15) is 12.5 Å². The molecule has 0 amide bonds. The maximum Gasteiger partial charge on any atom is 0.391 e. The van der Waals surface area contributed by atoms with Crippen molar-refractivity contribution in [1.82, 2.24) is 0 Å². The lowest BCUT2D eigenvalue weighted by molar-refractivity contribution is -0.423. The minimum absolute atomic E-state index is 0.0278. The third kappa shape index (κ3) is 1.71. The van der Waals surface area contributed by atoms with Crippen molar-refractivity contribution < 1.29 is 19.3 Å². The van der Waals surface area contributed by atoms with Gasteiger partial charge in [-0.1, -0.05) is 0 Å². The van der Waals surface area contributed by atoms with Crippen molar-refractivity contribution in [2.75, 3.05) is 7.11 Å². The van der Waals surface area contributed by atoms with E-state index in [-0.39, 0.29) is 17.6 Å². The predicted molar refractivity (Wildman–Crippen MR) is 60.1 cm³/mol. The van der Waals surface area contributed by atoms with Crippen molar-refractivity contribution in [3.05, 3.63) is 31.9 Å². The van der Waals surface area contributed by atoms with Gasteiger partial charge in [0.2, 0.25) is 11.5 Å². The minimum atomic E-state index is -0.830. The average Bonchev–Trinajstić information content (AvgIpc) is 2.65. The van der Waals surface area contributed by atoms with Crippen molar-refractivity contribution in [2.24, 2.45) is 0 Å². The van der Waals surface area contributed by atoms with Crippen LogP contribution < -0.4 is 9.47 Å². The van der Waals surface area contributed by atoms with E-state index in [0.29, 0.717) is 12.0 Å². The van der Waals surface area contributed by atoms with Crippen LogP contribution in [0.3, 0.4) is 0 Å². The van der Waals surface area contributed by atoms with Gasteiger partial charge in [-0.25, -0.2) is 0 Å². The fraction of sp³-hybridized carbons (Fsp3) is 0.400. The molecule has 0 bridgehead atoms. The van der Waals surface area contributed by atoms with Crippen LogP contribution in [0.2, 0.25) is 0 Å². The van der Waals surface area contributed by atoms with E-state index in [4.69, 9.17) is 9.47 Å². The number of hydrogen-bond donors (Lipinski definition) is 0. The smallest absolute Gasteiger partial charge is 0.391 e. The van der Waals surface area contributed by atoms with Gasteiger partial charge in [0.25, 0.3) is 0 Å². The molecule has 8 nitrogen and oxygen atoms in total. The maximum atomic E-state index is 11.0. The SMILES string of the molecule is COc1cc2c(c([N+](=O)[O-])c1[N+](=O)[O-])O[C@H](C)C2. The molecule has 1 aliphatic rings. The Labute approximate surface area is 101 Å². The summed E-state index contributed by atoms with van der Waals surface area (Å²) >= 11 is 0. The second kappa shape index (κ2) is 4.13. The third-order valence-electron chi connectivity index (χ3n) is 2.68. The molecule has 0 saturated heterocycles. The average molecular weight is 254 g/mol. The van der Waals surface area contributed by atoms with E-state index in [1.807, 2.05) is 0 Å². The fourth-order valence-electron chi connectivity index (χ4n) is 2.01. The molecule has 0 aromatic heterocycles. The molecular formula is C10H10N2O6. The Morgan fingerprint density at radius 1 is 1.33 bits per heavy atom. The van der Waals surface area contributed by atoms with E-state index in [9.17, 15) is 20.2 Å². The van der Waals surface area contributed by atoms with Gasteiger partial charge in [-0.3, -0.25) is 20.2 Å². The van der Waals surface area contributed by atoms with Crippen LogP contribution in [0.5, 0.6) is 11.5 Å². The van der Waals surface area contributed by atoms with Gasteiger partial charge in [-0.05, 0) is 13.0 Å². The van der Waals surface area contributed by atoms with Crippen molar-refractivity contribution in [3.8, 4) is 11.5 Å². The molecule has 1 aromatic carbocycles. The lowest BCUT2D eigenvalue weighted by Crippen LogP contribution is -2.06. The number of rotatable bonds is 3. The molecule has 2 rings (SSSR count). The van der Waals surface area contributed by atoms with Crippen molar-refractivity contribution >= 4 is 11.4 Å². The molecule has 0 fully saturated rings. The number of hydrogen-bond acceptors (Lipinski definition) is 6. The van der Waals surface area contributed by atoms with E-state index in [0.717, 1.165) is 0 Å². The van der Waals surface area contributed by atoms with Gasteiger partial charge in [0, 0.05) is 12.0 Å². The molecule has 0 saturated carbocycles. The summed E-state index contributed by atoms with van der Waals surface area (Å²) < 4.78 is 10.1. The molecule has 18 heavy (non-hydrogen) atoms. The Bertz CT molecular complexity index is 542. The van der Waals surface area contributed by atoms with E-state index >= 15 is 0 Å². The van der Waals surface area contributed by atoms with Gasteiger partial charge in [-0.15, -0.1) is 0 Å². The standard InChI is InChI=1S/C10H10N2O6/c1-5-3-6-4-7(17-2)8(11(13)14)9(12(15)16)10(6)18-5/h4-5H,3H2,1-2H3/t5-/m1/s1. The van der Waals surface area contributed by atoms with Crippen LogP contribution in [0, 0.1) is 20.2 Å². The molecular weight excluding hydrogens is 244 g/mol. The molecule has 1 aliphatic heterocycles. The third-order valence-corrected chi connectivity index (χ3v) is 2.68. The van der Waals surface area contributed by atoms with E-state index in [1.165, 1.54) is 13.2 Å². The quantitative estimate of drug-likeness (QED) is 0.601. The molecule has 0 aliphatic carbocycles. The normalized spacial score (nSPS) is 16.9. The lowest BCUT2D eigenvalue weighted by atomic mass is 10.1. The monoisotopic (exact) mass is 254 g/mol. The number of methoxy groups -OCH3 is 1. The first-order valence-corrected chi connectivity index (χ1v) is 5.15. The lowest BCUT2D eigenvalue weighted by Gasteiger charge is -2.06. The van der Waals surface area contributed by atoms with Gasteiger partial charge in [0.05, 0.1) is 17.0 Å². The molecule has 8 heteroatoms. The maximum absolute atomic E-state index is 11.0. The predicted octanol–water partition coefficient (Wildman–Crippen LogP) is 1.84. The van der Waals surface area contributed by atoms with Gasteiger partial charge >= 0.3 is 11.4 Å². The van der Waals surface area contributed by atoms with Gasteiger partial charge in [-0.2, -0.15) is 0 Å². The van der Waals surface area contributed by atoms with E-state index in [2.05, 4.69) is 0 Å². The molecule has 0 unspecified atom stereocenters.